The lowest BCUT2D eigenvalue weighted by atomic mass is 10.0. The van der Waals surface area contributed by atoms with E-state index in [9.17, 15) is 14.0 Å². The topological polar surface area (TPSA) is 102 Å². The van der Waals surface area contributed by atoms with Crippen LogP contribution < -0.4 is 20.1 Å². The molecule has 6 rings (SSSR count). The zero-order chi connectivity index (χ0) is 28.6. The molecule has 1 aliphatic carbocycles. The number of rotatable bonds is 8. The van der Waals surface area contributed by atoms with E-state index >= 15 is 0 Å². The van der Waals surface area contributed by atoms with Crippen LogP contribution in [0.3, 0.4) is 0 Å². The second-order valence-corrected chi connectivity index (χ2v) is 10.1. The highest BCUT2D eigenvalue weighted by molar-refractivity contribution is 6.17. The molecule has 2 aliphatic rings. The van der Waals surface area contributed by atoms with Crippen LogP contribution in [0.1, 0.15) is 25.3 Å². The minimum absolute atomic E-state index is 0.120. The molecule has 1 aliphatic heterocycles. The summed E-state index contributed by atoms with van der Waals surface area (Å²) in [7, 11) is 1.63. The van der Waals surface area contributed by atoms with Crippen molar-refractivity contribution in [3.63, 3.8) is 0 Å². The molecule has 1 unspecified atom stereocenters. The molecule has 1 atom stereocenters. The van der Waals surface area contributed by atoms with Crippen LogP contribution in [0.25, 0.3) is 16.5 Å². The first-order valence-corrected chi connectivity index (χ1v) is 13.2. The Bertz CT molecular complexity index is 1710. The van der Waals surface area contributed by atoms with Gasteiger partial charge in [0.25, 0.3) is 0 Å². The Balaban J connectivity index is 1.16. The molecule has 2 heterocycles. The Labute approximate surface area is 235 Å². The number of methoxy groups -OCH3 is 1. The Kier molecular flexibility index (Phi) is 6.70. The highest BCUT2D eigenvalue weighted by Crippen LogP contribution is 2.47. The van der Waals surface area contributed by atoms with Crippen LogP contribution in [0.15, 0.2) is 84.0 Å². The van der Waals surface area contributed by atoms with Crippen LogP contribution >= 0.6 is 0 Å². The van der Waals surface area contributed by atoms with Crippen LogP contribution in [0.4, 0.5) is 15.8 Å². The molecule has 4 aromatic rings. The largest absolute Gasteiger partial charge is 0.496 e. The van der Waals surface area contributed by atoms with Gasteiger partial charge in [-0.2, -0.15) is 0 Å². The van der Waals surface area contributed by atoms with Crippen LogP contribution in [-0.4, -0.2) is 36.2 Å². The molecule has 2 amide bonds. The summed E-state index contributed by atoms with van der Waals surface area (Å²) in [5.74, 6) is 0.670. The first-order valence-electron chi connectivity index (χ1n) is 13.2. The van der Waals surface area contributed by atoms with Crippen molar-refractivity contribution in [3.8, 4) is 17.2 Å². The molecule has 41 heavy (non-hydrogen) atoms. The summed E-state index contributed by atoms with van der Waals surface area (Å²) < 4.78 is 25.0. The quantitative estimate of drug-likeness (QED) is 0.248. The third-order valence-corrected chi connectivity index (χ3v) is 7.26. The number of aromatic nitrogens is 1. The molecule has 8 nitrogen and oxygen atoms in total. The molecular formula is C32H27FN4O4. The van der Waals surface area contributed by atoms with Gasteiger partial charge in [0.15, 0.2) is 0 Å². The lowest BCUT2D eigenvalue weighted by Gasteiger charge is -2.16. The maximum absolute atomic E-state index is 13.2. The fourth-order valence-corrected chi connectivity index (χ4v) is 4.78. The zero-order valence-electron chi connectivity index (χ0n) is 22.5. The standard InChI is InChI=1S/C32H27FN4O4/c1-19-15-20(18-35-19)25-16-27-26(17-29(25)40-2)28(11-14-34-27)41-24-9-7-23(8-10-24)37-31(39)32(12-13-32)30(38)36-22-5-3-21(33)4-6-22/h3-11,14-19H,12-13H2,1-2H3,(H,36,38)(H,37,39). The number of nitrogens with one attached hydrogen (secondary N) is 2. The van der Waals surface area contributed by atoms with Crippen molar-refractivity contribution in [1.29, 1.82) is 0 Å². The normalized spacial score (nSPS) is 16.7. The molecule has 0 saturated heterocycles. The van der Waals surface area contributed by atoms with Gasteiger partial charge in [-0.25, -0.2) is 4.39 Å². The smallest absolute Gasteiger partial charge is 0.240 e. The average Bonchev–Trinajstić information content (AvgIpc) is 3.69. The maximum Gasteiger partial charge on any atom is 0.240 e. The summed E-state index contributed by atoms with van der Waals surface area (Å²) in [4.78, 5) is 34.8. The molecule has 9 heteroatoms. The fourth-order valence-electron chi connectivity index (χ4n) is 4.78. The number of hydrogen-bond acceptors (Lipinski definition) is 6. The van der Waals surface area contributed by atoms with Crippen molar-refractivity contribution in [2.45, 2.75) is 25.8 Å². The SMILES string of the molecule is COc1cc2c(Oc3ccc(NC(=O)C4(C(=O)Nc5ccc(F)cc5)CC4)cc3)ccnc2cc1C1=CC(C)N=C1. The van der Waals surface area contributed by atoms with Crippen molar-refractivity contribution in [3.05, 3.63) is 90.4 Å². The summed E-state index contributed by atoms with van der Waals surface area (Å²) in [5, 5.41) is 6.33. The number of nitrogens with zero attached hydrogens (tertiary/aromatic N) is 2. The van der Waals surface area contributed by atoms with Crippen LogP contribution in [-0.2, 0) is 9.59 Å². The second kappa shape index (κ2) is 10.5. The molecule has 2 N–H and O–H groups in total. The summed E-state index contributed by atoms with van der Waals surface area (Å²) >= 11 is 0. The lowest BCUT2D eigenvalue weighted by Crippen LogP contribution is -2.35. The van der Waals surface area contributed by atoms with Crippen LogP contribution in [0.5, 0.6) is 17.2 Å². The van der Waals surface area contributed by atoms with Gasteiger partial charge in [-0.15, -0.1) is 0 Å². The van der Waals surface area contributed by atoms with E-state index in [1.807, 2.05) is 25.3 Å². The van der Waals surface area contributed by atoms with Crippen molar-refractivity contribution < 1.29 is 23.5 Å². The van der Waals surface area contributed by atoms with E-state index in [0.717, 1.165) is 22.0 Å². The number of benzene rings is 3. The predicted molar refractivity (Wildman–Crippen MR) is 156 cm³/mol. The Morgan fingerprint density at radius 2 is 1.59 bits per heavy atom. The minimum atomic E-state index is -1.14. The molecule has 1 aromatic heterocycles. The number of halogens is 1. The van der Waals surface area contributed by atoms with Crippen molar-refractivity contribution >= 4 is 45.9 Å². The third-order valence-electron chi connectivity index (χ3n) is 7.26. The van der Waals surface area contributed by atoms with E-state index in [0.29, 0.717) is 41.5 Å². The first kappa shape index (κ1) is 26.2. The number of pyridine rings is 1. The summed E-state index contributed by atoms with van der Waals surface area (Å²) in [6.07, 6.45) is 6.49. The Morgan fingerprint density at radius 3 is 2.17 bits per heavy atom. The van der Waals surface area contributed by atoms with E-state index < -0.39 is 17.1 Å². The third kappa shape index (κ3) is 5.26. The van der Waals surface area contributed by atoms with Gasteiger partial charge in [0.1, 0.15) is 28.5 Å². The number of aliphatic imine (C=N–C) groups is 1. The molecular weight excluding hydrogens is 523 g/mol. The number of amides is 2. The van der Waals surface area contributed by atoms with E-state index in [1.54, 1.807) is 43.6 Å². The maximum atomic E-state index is 13.2. The summed E-state index contributed by atoms with van der Waals surface area (Å²) in [6, 6.07) is 18.1. The Morgan fingerprint density at radius 1 is 0.927 bits per heavy atom. The van der Waals surface area contributed by atoms with Gasteiger partial charge in [0.2, 0.25) is 11.8 Å². The van der Waals surface area contributed by atoms with Crippen molar-refractivity contribution in [2.24, 2.45) is 10.4 Å². The Hall–Kier alpha value is -5.05. The van der Waals surface area contributed by atoms with E-state index in [2.05, 4.69) is 26.7 Å². The van der Waals surface area contributed by atoms with Crippen molar-refractivity contribution in [2.75, 3.05) is 17.7 Å². The number of carbonyl (C=O) groups excluding carboxylic acids is 2. The summed E-state index contributed by atoms with van der Waals surface area (Å²) in [5.41, 5.74) is 2.49. The summed E-state index contributed by atoms with van der Waals surface area (Å²) in [6.45, 7) is 2.02. The minimum Gasteiger partial charge on any atom is -0.496 e. The molecule has 3 aromatic carbocycles. The van der Waals surface area contributed by atoms with Gasteiger partial charge in [-0.3, -0.25) is 19.6 Å². The number of anilines is 2. The van der Waals surface area contributed by atoms with Crippen LogP contribution in [0, 0.1) is 11.2 Å². The molecule has 0 spiro atoms. The number of ether oxygens (including phenoxy) is 2. The molecule has 1 saturated carbocycles. The number of hydrogen-bond donors (Lipinski definition) is 2. The molecule has 0 radical (unpaired) electrons. The number of fused-ring (bicyclic) bond motifs is 1. The van der Waals surface area contributed by atoms with Crippen LogP contribution in [0.2, 0.25) is 0 Å². The molecule has 0 bridgehead atoms. The lowest BCUT2D eigenvalue weighted by molar-refractivity contribution is -0.131. The van der Waals surface area contributed by atoms with Gasteiger partial charge in [0.05, 0.1) is 18.7 Å². The zero-order valence-corrected chi connectivity index (χ0v) is 22.5. The highest BCUT2D eigenvalue weighted by Gasteiger charge is 2.56. The molecule has 206 valence electrons. The van der Waals surface area contributed by atoms with E-state index in [-0.39, 0.29) is 11.9 Å². The fraction of sp³-hybridized carbons (Fsp3) is 0.188. The first-order chi connectivity index (χ1) is 19.8. The van der Waals surface area contributed by atoms with E-state index in [4.69, 9.17) is 9.47 Å². The van der Waals surface area contributed by atoms with E-state index in [1.165, 1.54) is 24.3 Å². The number of allylic oxidation sites excluding steroid dienone is 1. The molecule has 1 fully saturated rings. The second-order valence-electron chi connectivity index (χ2n) is 10.1. The van der Waals surface area contributed by atoms with Gasteiger partial charge < -0.3 is 20.1 Å². The van der Waals surface area contributed by atoms with Crippen molar-refractivity contribution in [1.82, 2.24) is 4.98 Å². The van der Waals surface area contributed by atoms with Gasteiger partial charge in [-0.1, -0.05) is 6.08 Å². The highest BCUT2D eigenvalue weighted by atomic mass is 19.1. The van der Waals surface area contributed by atoms with Gasteiger partial charge in [0, 0.05) is 40.3 Å². The number of carbonyl (C=O) groups is 2. The monoisotopic (exact) mass is 550 g/mol. The van der Waals surface area contributed by atoms with Gasteiger partial charge >= 0.3 is 0 Å². The average molecular weight is 551 g/mol. The van der Waals surface area contributed by atoms with Gasteiger partial charge in [-0.05, 0) is 86.5 Å². The predicted octanol–water partition coefficient (Wildman–Crippen LogP) is 6.39.